The average Bonchev–Trinajstić information content (AvgIpc) is 2.74. The van der Waals surface area contributed by atoms with E-state index in [0.29, 0.717) is 5.69 Å². The van der Waals surface area contributed by atoms with Crippen LogP contribution in [0.2, 0.25) is 0 Å². The molecule has 0 bridgehead atoms. The lowest BCUT2D eigenvalue weighted by molar-refractivity contribution is -0.387. The van der Waals surface area contributed by atoms with Gasteiger partial charge in [0, 0.05) is 11.9 Å². The standard InChI is InChI=1S/C20H18N4O4S/c1-13-8-10-14(11-9-13)29-19-17(24(26)27)18(21-12-22-19)23(2)16-7-5-4-6-15(16)20(25)28-3/h4-12H,1-3H3. The lowest BCUT2D eigenvalue weighted by Gasteiger charge is -2.20. The van der Waals surface area contributed by atoms with Gasteiger partial charge in [0.15, 0.2) is 5.03 Å². The third kappa shape index (κ3) is 4.35. The SMILES string of the molecule is COC(=O)c1ccccc1N(C)c1ncnc(Sc2ccc(C)cc2)c1[N+](=O)[O-]. The molecule has 0 N–H and O–H groups in total. The first kappa shape index (κ1) is 20.3. The second-order valence-corrected chi connectivity index (χ2v) is 7.15. The number of anilines is 2. The molecule has 0 atom stereocenters. The van der Waals surface area contributed by atoms with Gasteiger partial charge >= 0.3 is 11.7 Å². The van der Waals surface area contributed by atoms with E-state index in [9.17, 15) is 14.9 Å². The highest BCUT2D eigenvalue weighted by atomic mass is 32.2. The minimum absolute atomic E-state index is 0.0796. The van der Waals surface area contributed by atoms with E-state index in [0.717, 1.165) is 10.5 Å². The van der Waals surface area contributed by atoms with E-state index in [-0.39, 0.29) is 22.1 Å². The largest absolute Gasteiger partial charge is 0.465 e. The first-order valence-corrected chi connectivity index (χ1v) is 9.39. The number of ether oxygens (including phenoxy) is 1. The molecule has 0 amide bonds. The van der Waals surface area contributed by atoms with Crippen molar-refractivity contribution < 1.29 is 14.5 Å². The fraction of sp³-hybridized carbons (Fsp3) is 0.150. The summed E-state index contributed by atoms with van der Waals surface area (Å²) in [5, 5.41) is 12.1. The van der Waals surface area contributed by atoms with Gasteiger partial charge in [-0.2, -0.15) is 0 Å². The van der Waals surface area contributed by atoms with Gasteiger partial charge in [0.05, 0.1) is 23.3 Å². The summed E-state index contributed by atoms with van der Waals surface area (Å²) in [4.78, 5) is 34.0. The van der Waals surface area contributed by atoms with Crippen LogP contribution in [0.4, 0.5) is 17.2 Å². The Bertz CT molecular complexity index is 1060. The first-order chi connectivity index (χ1) is 13.9. The average molecular weight is 410 g/mol. The molecular formula is C20H18N4O4S. The van der Waals surface area contributed by atoms with Crippen LogP contribution in [0.15, 0.2) is 64.8 Å². The number of nitro groups is 1. The van der Waals surface area contributed by atoms with Gasteiger partial charge in [-0.25, -0.2) is 14.8 Å². The molecule has 148 valence electrons. The molecule has 0 saturated carbocycles. The monoisotopic (exact) mass is 410 g/mol. The van der Waals surface area contributed by atoms with Crippen LogP contribution in [-0.4, -0.2) is 35.0 Å². The van der Waals surface area contributed by atoms with E-state index in [1.54, 1.807) is 31.3 Å². The number of carbonyl (C=O) groups excluding carboxylic acids is 1. The molecule has 0 aliphatic carbocycles. The summed E-state index contributed by atoms with van der Waals surface area (Å²) >= 11 is 1.18. The highest BCUT2D eigenvalue weighted by molar-refractivity contribution is 7.99. The molecule has 0 unspecified atom stereocenters. The Morgan fingerprint density at radius 1 is 1.14 bits per heavy atom. The molecule has 9 heteroatoms. The van der Waals surface area contributed by atoms with Gasteiger partial charge in [0.2, 0.25) is 5.82 Å². The van der Waals surface area contributed by atoms with Crippen molar-refractivity contribution in [1.82, 2.24) is 9.97 Å². The molecule has 8 nitrogen and oxygen atoms in total. The lowest BCUT2D eigenvalue weighted by atomic mass is 10.1. The number of hydrogen-bond acceptors (Lipinski definition) is 8. The molecule has 3 aromatic rings. The van der Waals surface area contributed by atoms with Gasteiger partial charge in [-0.05, 0) is 31.2 Å². The summed E-state index contributed by atoms with van der Waals surface area (Å²) in [5.74, 6) is -0.464. The Hall–Kier alpha value is -3.46. The summed E-state index contributed by atoms with van der Waals surface area (Å²) in [5.41, 5.74) is 1.57. The summed E-state index contributed by atoms with van der Waals surface area (Å²) in [7, 11) is 2.89. The molecule has 1 aromatic heterocycles. The smallest absolute Gasteiger partial charge is 0.344 e. The van der Waals surface area contributed by atoms with Gasteiger partial charge < -0.3 is 9.64 Å². The van der Waals surface area contributed by atoms with Crippen LogP contribution >= 0.6 is 11.8 Å². The number of methoxy groups -OCH3 is 1. The molecule has 0 aliphatic rings. The van der Waals surface area contributed by atoms with Crippen LogP contribution in [0, 0.1) is 17.0 Å². The molecule has 1 heterocycles. The van der Waals surface area contributed by atoms with Crippen LogP contribution in [0.25, 0.3) is 0 Å². The zero-order chi connectivity index (χ0) is 21.0. The van der Waals surface area contributed by atoms with Crippen molar-refractivity contribution in [3.05, 3.63) is 76.1 Å². The van der Waals surface area contributed by atoms with Crippen molar-refractivity contribution in [2.75, 3.05) is 19.1 Å². The number of aromatic nitrogens is 2. The number of rotatable bonds is 6. The van der Waals surface area contributed by atoms with Crippen molar-refractivity contribution >= 4 is 34.9 Å². The fourth-order valence-electron chi connectivity index (χ4n) is 2.71. The number of nitrogens with zero attached hydrogens (tertiary/aromatic N) is 4. The van der Waals surface area contributed by atoms with Gasteiger partial charge in [-0.3, -0.25) is 10.1 Å². The number of hydrogen-bond donors (Lipinski definition) is 0. The Labute approximate surface area is 171 Å². The maximum Gasteiger partial charge on any atom is 0.344 e. The van der Waals surface area contributed by atoms with E-state index < -0.39 is 10.9 Å². The van der Waals surface area contributed by atoms with Gasteiger partial charge in [-0.1, -0.05) is 41.6 Å². The molecule has 0 spiro atoms. The number of benzene rings is 2. The minimum Gasteiger partial charge on any atom is -0.465 e. The number of esters is 1. The van der Waals surface area contributed by atoms with Crippen LogP contribution in [0.1, 0.15) is 15.9 Å². The van der Waals surface area contributed by atoms with Gasteiger partial charge in [0.1, 0.15) is 6.33 Å². The van der Waals surface area contributed by atoms with Crippen LogP contribution in [-0.2, 0) is 4.74 Å². The lowest BCUT2D eigenvalue weighted by Crippen LogP contribution is -2.18. The maximum absolute atomic E-state index is 12.1. The Kier molecular flexibility index (Phi) is 6.08. The Morgan fingerprint density at radius 2 is 1.83 bits per heavy atom. The molecule has 0 fully saturated rings. The van der Waals surface area contributed by atoms with Crippen LogP contribution in [0.5, 0.6) is 0 Å². The van der Waals surface area contributed by atoms with Crippen molar-refractivity contribution in [2.45, 2.75) is 16.8 Å². The molecule has 3 rings (SSSR count). The zero-order valence-electron chi connectivity index (χ0n) is 16.0. The highest BCUT2D eigenvalue weighted by Gasteiger charge is 2.28. The molecule has 0 radical (unpaired) electrons. The zero-order valence-corrected chi connectivity index (χ0v) is 16.8. The van der Waals surface area contributed by atoms with Crippen LogP contribution in [0.3, 0.4) is 0 Å². The number of carbonyl (C=O) groups is 1. The second kappa shape index (κ2) is 8.70. The van der Waals surface area contributed by atoms with Crippen molar-refractivity contribution in [2.24, 2.45) is 0 Å². The quantitative estimate of drug-likeness (QED) is 0.255. The minimum atomic E-state index is -0.543. The topological polar surface area (TPSA) is 98.5 Å². The van der Waals surface area contributed by atoms with E-state index in [1.165, 1.54) is 30.1 Å². The maximum atomic E-state index is 12.1. The third-order valence-electron chi connectivity index (χ3n) is 4.18. The molecule has 29 heavy (non-hydrogen) atoms. The van der Waals surface area contributed by atoms with Crippen molar-refractivity contribution in [1.29, 1.82) is 0 Å². The number of para-hydroxylation sites is 1. The van der Waals surface area contributed by atoms with Crippen molar-refractivity contribution in [3.63, 3.8) is 0 Å². The predicted molar refractivity (Wildman–Crippen MR) is 110 cm³/mol. The van der Waals surface area contributed by atoms with E-state index in [2.05, 4.69) is 9.97 Å². The molecule has 0 aliphatic heterocycles. The Morgan fingerprint density at radius 3 is 2.48 bits per heavy atom. The predicted octanol–water partition coefficient (Wildman–Crippen LogP) is 4.40. The Balaban J connectivity index is 2.07. The highest BCUT2D eigenvalue weighted by Crippen LogP contribution is 2.40. The summed E-state index contributed by atoms with van der Waals surface area (Å²) in [6.45, 7) is 1.97. The van der Waals surface area contributed by atoms with Crippen LogP contribution < -0.4 is 4.90 Å². The molecule has 0 saturated heterocycles. The fourth-order valence-corrected chi connectivity index (χ4v) is 3.57. The normalized spacial score (nSPS) is 10.4. The third-order valence-corrected chi connectivity index (χ3v) is 5.18. The summed E-state index contributed by atoms with van der Waals surface area (Å²) in [6.07, 6.45) is 1.27. The molecular weight excluding hydrogens is 392 g/mol. The second-order valence-electron chi connectivity index (χ2n) is 6.09. The first-order valence-electron chi connectivity index (χ1n) is 8.57. The summed E-state index contributed by atoms with van der Waals surface area (Å²) < 4.78 is 4.82. The van der Waals surface area contributed by atoms with Gasteiger partial charge in [0.25, 0.3) is 0 Å². The van der Waals surface area contributed by atoms with Crippen molar-refractivity contribution in [3.8, 4) is 0 Å². The van der Waals surface area contributed by atoms with E-state index in [4.69, 9.17) is 4.74 Å². The van der Waals surface area contributed by atoms with Gasteiger partial charge in [-0.15, -0.1) is 0 Å². The molecule has 2 aromatic carbocycles. The number of aryl methyl sites for hydroxylation is 1. The van der Waals surface area contributed by atoms with E-state index in [1.807, 2.05) is 31.2 Å². The van der Waals surface area contributed by atoms with E-state index >= 15 is 0 Å². The summed E-state index contributed by atoms with van der Waals surface area (Å²) in [6, 6.07) is 14.3.